The predicted octanol–water partition coefficient (Wildman–Crippen LogP) is 2.04. The van der Waals surface area contributed by atoms with Gasteiger partial charge in [-0.25, -0.2) is 0 Å². The van der Waals surface area contributed by atoms with Crippen molar-refractivity contribution in [3.63, 3.8) is 0 Å². The lowest BCUT2D eigenvalue weighted by Crippen LogP contribution is -2.30. The van der Waals surface area contributed by atoms with Crippen LogP contribution >= 0.6 is 0 Å². The van der Waals surface area contributed by atoms with Crippen molar-refractivity contribution in [1.82, 2.24) is 5.32 Å². The van der Waals surface area contributed by atoms with Crippen molar-refractivity contribution in [2.24, 2.45) is 0 Å². The van der Waals surface area contributed by atoms with Crippen LogP contribution in [-0.2, 0) is 4.79 Å². The van der Waals surface area contributed by atoms with Gasteiger partial charge < -0.3 is 24.8 Å². The van der Waals surface area contributed by atoms with Gasteiger partial charge in [0, 0.05) is 30.3 Å². The topological polar surface area (TPSA) is 68.8 Å². The van der Waals surface area contributed by atoms with Crippen LogP contribution in [0.25, 0.3) is 0 Å². The van der Waals surface area contributed by atoms with Crippen LogP contribution in [0.15, 0.2) is 12.1 Å². The van der Waals surface area contributed by atoms with E-state index in [1.54, 1.807) is 12.1 Å². The van der Waals surface area contributed by atoms with E-state index < -0.39 is 0 Å². The standard InChI is InChI=1S/C15H24N2O4/c1-6-16-10(2)7-14(18)17-11-8-12(19-3)15(21-5)13(9-11)20-4/h8-10,16H,6-7H2,1-5H3,(H,17,18). The molecule has 6 heteroatoms. The fourth-order valence-corrected chi connectivity index (χ4v) is 2.06. The van der Waals surface area contributed by atoms with Gasteiger partial charge in [0.1, 0.15) is 0 Å². The summed E-state index contributed by atoms with van der Waals surface area (Å²) in [5, 5.41) is 6.03. The molecular weight excluding hydrogens is 272 g/mol. The molecule has 1 amide bonds. The largest absolute Gasteiger partial charge is 0.493 e. The summed E-state index contributed by atoms with van der Waals surface area (Å²) < 4.78 is 15.7. The average molecular weight is 296 g/mol. The number of hydrogen-bond donors (Lipinski definition) is 2. The van der Waals surface area contributed by atoms with Crippen LogP contribution in [0.4, 0.5) is 5.69 Å². The van der Waals surface area contributed by atoms with Crippen molar-refractivity contribution < 1.29 is 19.0 Å². The monoisotopic (exact) mass is 296 g/mol. The maximum atomic E-state index is 12.0. The summed E-state index contributed by atoms with van der Waals surface area (Å²) in [5.74, 6) is 1.44. The third-order valence-electron chi connectivity index (χ3n) is 2.99. The molecule has 0 fully saturated rings. The van der Waals surface area contributed by atoms with Gasteiger partial charge in [0.15, 0.2) is 11.5 Å². The minimum Gasteiger partial charge on any atom is -0.493 e. The number of methoxy groups -OCH3 is 3. The molecule has 0 saturated carbocycles. The summed E-state index contributed by atoms with van der Waals surface area (Å²) in [5.41, 5.74) is 0.609. The first-order valence-corrected chi connectivity index (χ1v) is 6.88. The summed E-state index contributed by atoms with van der Waals surface area (Å²) in [7, 11) is 4.61. The van der Waals surface area contributed by atoms with Gasteiger partial charge in [0.25, 0.3) is 0 Å². The number of hydrogen-bond acceptors (Lipinski definition) is 5. The zero-order valence-electron chi connectivity index (χ0n) is 13.3. The Morgan fingerprint density at radius 3 is 2.14 bits per heavy atom. The highest BCUT2D eigenvalue weighted by Crippen LogP contribution is 2.39. The lowest BCUT2D eigenvalue weighted by Gasteiger charge is -2.16. The van der Waals surface area contributed by atoms with Gasteiger partial charge in [-0.3, -0.25) is 4.79 Å². The Bertz CT molecular complexity index is 452. The number of benzene rings is 1. The minimum atomic E-state index is -0.0716. The SMILES string of the molecule is CCNC(C)CC(=O)Nc1cc(OC)c(OC)c(OC)c1. The van der Waals surface area contributed by atoms with Crippen molar-refractivity contribution in [3.8, 4) is 17.2 Å². The van der Waals surface area contributed by atoms with Gasteiger partial charge in [0.2, 0.25) is 11.7 Å². The molecule has 1 aromatic rings. The summed E-state index contributed by atoms with van der Waals surface area (Å²) in [6.07, 6.45) is 0.393. The molecule has 0 radical (unpaired) electrons. The molecule has 0 heterocycles. The molecule has 1 atom stereocenters. The van der Waals surface area contributed by atoms with E-state index in [-0.39, 0.29) is 11.9 Å². The first kappa shape index (κ1) is 17.1. The lowest BCUT2D eigenvalue weighted by atomic mass is 10.2. The smallest absolute Gasteiger partial charge is 0.225 e. The molecule has 2 N–H and O–H groups in total. The molecule has 0 aliphatic carbocycles. The second-order valence-corrected chi connectivity index (χ2v) is 4.63. The summed E-state index contributed by atoms with van der Waals surface area (Å²) in [6.45, 7) is 4.81. The summed E-state index contributed by atoms with van der Waals surface area (Å²) in [4.78, 5) is 12.0. The molecule has 1 rings (SSSR count). The molecule has 21 heavy (non-hydrogen) atoms. The predicted molar refractivity (Wildman–Crippen MR) is 82.5 cm³/mol. The van der Waals surface area contributed by atoms with Crippen LogP contribution in [0, 0.1) is 0 Å². The van der Waals surface area contributed by atoms with Gasteiger partial charge in [0.05, 0.1) is 21.3 Å². The number of nitrogens with one attached hydrogen (secondary N) is 2. The van der Waals surface area contributed by atoms with E-state index in [9.17, 15) is 4.79 Å². The van der Waals surface area contributed by atoms with Crippen LogP contribution in [0.1, 0.15) is 20.3 Å². The van der Waals surface area contributed by atoms with E-state index in [0.29, 0.717) is 29.4 Å². The molecule has 0 aliphatic rings. The molecule has 1 aromatic carbocycles. The van der Waals surface area contributed by atoms with E-state index in [2.05, 4.69) is 10.6 Å². The molecular formula is C15H24N2O4. The number of anilines is 1. The van der Waals surface area contributed by atoms with Crippen LogP contribution < -0.4 is 24.8 Å². The van der Waals surface area contributed by atoms with E-state index in [4.69, 9.17) is 14.2 Å². The minimum absolute atomic E-state index is 0.0716. The highest BCUT2D eigenvalue weighted by molar-refractivity contribution is 5.91. The molecule has 0 bridgehead atoms. The molecule has 6 nitrogen and oxygen atoms in total. The van der Waals surface area contributed by atoms with E-state index in [1.165, 1.54) is 21.3 Å². The van der Waals surface area contributed by atoms with Crippen molar-refractivity contribution in [1.29, 1.82) is 0 Å². The third-order valence-corrected chi connectivity index (χ3v) is 2.99. The van der Waals surface area contributed by atoms with Crippen molar-refractivity contribution in [2.45, 2.75) is 26.3 Å². The number of carbonyl (C=O) groups is 1. The van der Waals surface area contributed by atoms with Crippen LogP contribution in [0.2, 0.25) is 0 Å². The van der Waals surface area contributed by atoms with Crippen LogP contribution in [0.5, 0.6) is 17.2 Å². The maximum Gasteiger partial charge on any atom is 0.225 e. The van der Waals surface area contributed by atoms with Crippen molar-refractivity contribution in [2.75, 3.05) is 33.2 Å². The van der Waals surface area contributed by atoms with Crippen molar-refractivity contribution >= 4 is 11.6 Å². The Labute approximate surface area is 125 Å². The van der Waals surface area contributed by atoms with Gasteiger partial charge in [-0.1, -0.05) is 6.92 Å². The summed E-state index contributed by atoms with van der Waals surface area (Å²) >= 11 is 0. The van der Waals surface area contributed by atoms with Gasteiger partial charge in [-0.2, -0.15) is 0 Å². The maximum absolute atomic E-state index is 12.0. The fourth-order valence-electron chi connectivity index (χ4n) is 2.06. The van der Waals surface area contributed by atoms with E-state index in [1.807, 2.05) is 13.8 Å². The molecule has 0 saturated heterocycles. The van der Waals surface area contributed by atoms with Gasteiger partial charge in [-0.15, -0.1) is 0 Å². The number of ether oxygens (including phenoxy) is 3. The Kier molecular flexibility index (Phi) is 6.81. The molecule has 118 valence electrons. The van der Waals surface area contributed by atoms with E-state index >= 15 is 0 Å². The zero-order chi connectivity index (χ0) is 15.8. The average Bonchev–Trinajstić information content (AvgIpc) is 2.45. The second-order valence-electron chi connectivity index (χ2n) is 4.63. The molecule has 0 aromatic heterocycles. The zero-order valence-corrected chi connectivity index (χ0v) is 13.3. The Morgan fingerprint density at radius 1 is 1.14 bits per heavy atom. The first-order chi connectivity index (χ1) is 10.0. The van der Waals surface area contributed by atoms with Gasteiger partial charge >= 0.3 is 0 Å². The van der Waals surface area contributed by atoms with Crippen LogP contribution in [0.3, 0.4) is 0 Å². The highest BCUT2D eigenvalue weighted by atomic mass is 16.5. The Morgan fingerprint density at radius 2 is 1.71 bits per heavy atom. The number of carbonyl (C=O) groups excluding carboxylic acids is 1. The Hall–Kier alpha value is -1.95. The summed E-state index contributed by atoms with van der Waals surface area (Å²) in [6, 6.07) is 3.53. The molecule has 0 spiro atoms. The third kappa shape index (κ3) is 4.82. The highest BCUT2D eigenvalue weighted by Gasteiger charge is 2.15. The number of rotatable bonds is 8. The fraction of sp³-hybridized carbons (Fsp3) is 0.533. The van der Waals surface area contributed by atoms with Crippen LogP contribution in [-0.4, -0.2) is 39.8 Å². The normalized spacial score (nSPS) is 11.7. The Balaban J connectivity index is 2.86. The molecule has 0 aliphatic heterocycles. The molecule has 1 unspecified atom stereocenters. The quantitative estimate of drug-likeness (QED) is 0.768. The van der Waals surface area contributed by atoms with E-state index in [0.717, 1.165) is 6.54 Å². The lowest BCUT2D eigenvalue weighted by molar-refractivity contribution is -0.116. The first-order valence-electron chi connectivity index (χ1n) is 6.88. The second kappa shape index (κ2) is 8.36. The van der Waals surface area contributed by atoms with Gasteiger partial charge in [-0.05, 0) is 13.5 Å². The van der Waals surface area contributed by atoms with Crippen molar-refractivity contribution in [3.05, 3.63) is 12.1 Å². The number of amides is 1.